The van der Waals surface area contributed by atoms with Crippen LogP contribution in [0.15, 0.2) is 53.5 Å². The van der Waals surface area contributed by atoms with Gasteiger partial charge in [0.2, 0.25) is 0 Å². The van der Waals surface area contributed by atoms with Gasteiger partial charge in [0, 0.05) is 43.2 Å². The second kappa shape index (κ2) is 7.84. The summed E-state index contributed by atoms with van der Waals surface area (Å²) in [4.78, 5) is 29.9. The van der Waals surface area contributed by atoms with Gasteiger partial charge in [0.15, 0.2) is 11.6 Å². The van der Waals surface area contributed by atoms with Crippen molar-refractivity contribution in [3.05, 3.63) is 76.2 Å². The van der Waals surface area contributed by atoms with Gasteiger partial charge in [-0.3, -0.25) is 9.59 Å². The van der Waals surface area contributed by atoms with E-state index in [0.29, 0.717) is 28.5 Å². The maximum absolute atomic E-state index is 13.6. The van der Waals surface area contributed by atoms with Crippen molar-refractivity contribution >= 4 is 16.8 Å². The molecule has 4 aromatic rings. The molecule has 0 spiro atoms. The summed E-state index contributed by atoms with van der Waals surface area (Å²) >= 11 is 0. The first-order valence-electron chi connectivity index (χ1n) is 11.0. The summed E-state index contributed by atoms with van der Waals surface area (Å²) in [6.07, 6.45) is 1.57. The van der Waals surface area contributed by atoms with E-state index in [0.717, 1.165) is 38.3 Å². The van der Waals surface area contributed by atoms with Gasteiger partial charge in [0.05, 0.1) is 23.0 Å². The molecule has 0 bridgehead atoms. The quantitative estimate of drug-likeness (QED) is 0.487. The van der Waals surface area contributed by atoms with Gasteiger partial charge in [-0.15, -0.1) is 5.10 Å². The predicted octanol–water partition coefficient (Wildman–Crippen LogP) is 2.35. The number of likely N-dealkylation sites (tertiary alicyclic amines) is 1. The van der Waals surface area contributed by atoms with Gasteiger partial charge in [0.25, 0.3) is 11.5 Å². The van der Waals surface area contributed by atoms with Crippen LogP contribution in [0, 0.1) is 23.5 Å². The van der Waals surface area contributed by atoms with Crippen LogP contribution in [0.2, 0.25) is 0 Å². The molecule has 0 aliphatic carbocycles. The Kier molecular flexibility index (Phi) is 4.77. The van der Waals surface area contributed by atoms with E-state index in [4.69, 9.17) is 0 Å². The van der Waals surface area contributed by atoms with Crippen LogP contribution in [-0.2, 0) is 0 Å². The van der Waals surface area contributed by atoms with Gasteiger partial charge >= 0.3 is 0 Å². The molecule has 34 heavy (non-hydrogen) atoms. The fraction of sp³-hybridized carbons (Fsp3) is 0.250. The van der Waals surface area contributed by atoms with Crippen LogP contribution >= 0.6 is 0 Å². The van der Waals surface area contributed by atoms with Crippen LogP contribution in [0.5, 0.6) is 0 Å². The Morgan fingerprint density at radius 1 is 1.00 bits per heavy atom. The largest absolute Gasteiger partial charge is 0.338 e. The van der Waals surface area contributed by atoms with Crippen LogP contribution in [-0.4, -0.2) is 57.0 Å². The molecule has 2 aliphatic heterocycles. The lowest BCUT2D eigenvalue weighted by molar-refractivity contribution is 0.0781. The Bertz CT molecular complexity index is 1470. The molecule has 10 heteroatoms. The van der Waals surface area contributed by atoms with Crippen molar-refractivity contribution in [1.29, 1.82) is 0 Å². The first kappa shape index (κ1) is 20.7. The molecule has 0 saturated carbocycles. The minimum atomic E-state index is -1.03. The van der Waals surface area contributed by atoms with Crippen LogP contribution in [0.1, 0.15) is 10.4 Å². The molecule has 2 aromatic carbocycles. The van der Waals surface area contributed by atoms with Crippen LogP contribution < -0.4 is 10.9 Å². The Morgan fingerprint density at radius 3 is 2.44 bits per heavy atom. The van der Waals surface area contributed by atoms with Gasteiger partial charge in [0.1, 0.15) is 5.69 Å². The highest BCUT2D eigenvalue weighted by Gasteiger charge is 2.38. The molecule has 2 saturated heterocycles. The summed E-state index contributed by atoms with van der Waals surface area (Å²) in [6.45, 7) is 3.49. The molecule has 0 radical (unpaired) electrons. The maximum atomic E-state index is 13.6. The zero-order valence-electron chi connectivity index (χ0n) is 18.0. The summed E-state index contributed by atoms with van der Waals surface area (Å²) in [5.41, 5.74) is 1.45. The second-order valence-electron chi connectivity index (χ2n) is 8.85. The van der Waals surface area contributed by atoms with E-state index in [1.54, 1.807) is 30.5 Å². The van der Waals surface area contributed by atoms with Gasteiger partial charge in [-0.2, -0.15) is 0 Å². The lowest BCUT2D eigenvalue weighted by atomic mass is 10.0. The van der Waals surface area contributed by atoms with Crippen molar-refractivity contribution < 1.29 is 13.6 Å². The zero-order chi connectivity index (χ0) is 23.4. The molecule has 6 rings (SSSR count). The summed E-state index contributed by atoms with van der Waals surface area (Å²) < 4.78 is 28.6. The Balaban J connectivity index is 1.24. The number of carbonyl (C=O) groups excluding carboxylic acids is 1. The molecule has 0 unspecified atom stereocenters. The summed E-state index contributed by atoms with van der Waals surface area (Å²) in [6, 6.07) is 10.5. The Labute approximate surface area is 192 Å². The Morgan fingerprint density at radius 2 is 1.71 bits per heavy atom. The molecule has 2 aliphatic rings. The standard InChI is InChI=1S/C24H20F2N6O2/c25-19-6-14-5-18(23(33)28-21(14)7-20(19)26)22-12-32(30-29-22)17-3-1-13(2-4-17)24(34)31-10-15-8-27-9-16(15)11-31/h1-7,12,15-16,27H,8-11H2,(H,28,33)/t15-,16+. The molecule has 172 valence electrons. The molecule has 2 N–H and O–H groups in total. The summed E-state index contributed by atoms with van der Waals surface area (Å²) in [5, 5.41) is 11.9. The van der Waals surface area contributed by atoms with E-state index < -0.39 is 17.2 Å². The third-order valence-electron chi connectivity index (χ3n) is 6.71. The smallest absolute Gasteiger partial charge is 0.258 e. The number of benzene rings is 2. The van der Waals surface area contributed by atoms with Crippen molar-refractivity contribution in [3.63, 3.8) is 0 Å². The fourth-order valence-electron chi connectivity index (χ4n) is 4.86. The van der Waals surface area contributed by atoms with E-state index >= 15 is 0 Å². The molecule has 1 amide bonds. The highest BCUT2D eigenvalue weighted by atomic mass is 19.2. The van der Waals surface area contributed by atoms with E-state index in [1.807, 2.05) is 4.90 Å². The number of halogens is 2. The van der Waals surface area contributed by atoms with Crippen molar-refractivity contribution in [2.24, 2.45) is 11.8 Å². The highest BCUT2D eigenvalue weighted by molar-refractivity contribution is 5.94. The Hall–Kier alpha value is -3.92. The monoisotopic (exact) mass is 462 g/mol. The number of nitrogens with one attached hydrogen (secondary N) is 2. The predicted molar refractivity (Wildman–Crippen MR) is 121 cm³/mol. The highest BCUT2D eigenvalue weighted by Crippen LogP contribution is 2.28. The van der Waals surface area contributed by atoms with Crippen molar-refractivity contribution in [3.8, 4) is 16.9 Å². The van der Waals surface area contributed by atoms with Gasteiger partial charge in [-0.1, -0.05) is 5.21 Å². The van der Waals surface area contributed by atoms with Crippen LogP contribution in [0.4, 0.5) is 8.78 Å². The fourth-order valence-corrected chi connectivity index (χ4v) is 4.86. The molecule has 2 fully saturated rings. The molecular formula is C24H20F2N6O2. The van der Waals surface area contributed by atoms with Gasteiger partial charge in [-0.25, -0.2) is 13.5 Å². The number of nitrogens with zero attached hydrogens (tertiary/aromatic N) is 4. The number of H-pyrrole nitrogens is 1. The molecule has 4 heterocycles. The minimum Gasteiger partial charge on any atom is -0.338 e. The summed E-state index contributed by atoms with van der Waals surface area (Å²) in [5.74, 6) is -0.950. The lowest BCUT2D eigenvalue weighted by Crippen LogP contribution is -2.31. The van der Waals surface area contributed by atoms with Crippen LogP contribution in [0.25, 0.3) is 27.8 Å². The third kappa shape index (κ3) is 3.47. The number of pyridine rings is 1. The van der Waals surface area contributed by atoms with E-state index in [9.17, 15) is 18.4 Å². The normalized spacial score (nSPS) is 19.6. The zero-order valence-corrected chi connectivity index (χ0v) is 18.0. The molecule has 8 nitrogen and oxygen atoms in total. The number of hydrogen-bond acceptors (Lipinski definition) is 5. The van der Waals surface area contributed by atoms with E-state index in [-0.39, 0.29) is 22.7 Å². The first-order chi connectivity index (χ1) is 16.5. The number of rotatable bonds is 3. The molecular weight excluding hydrogens is 442 g/mol. The lowest BCUT2D eigenvalue weighted by Gasteiger charge is -2.17. The van der Waals surface area contributed by atoms with Crippen molar-refractivity contribution in [2.45, 2.75) is 0 Å². The second-order valence-corrected chi connectivity index (χ2v) is 8.85. The van der Waals surface area contributed by atoms with Gasteiger partial charge in [-0.05, 0) is 48.2 Å². The average molecular weight is 462 g/mol. The SMILES string of the molecule is O=C(c1ccc(-n2cc(-c3cc4cc(F)c(F)cc4[nH]c3=O)nn2)cc1)N1C[C@H]2CNC[C@H]2C1. The van der Waals surface area contributed by atoms with E-state index in [1.165, 1.54) is 10.7 Å². The number of hydrogen-bond donors (Lipinski definition) is 2. The maximum Gasteiger partial charge on any atom is 0.258 e. The number of amides is 1. The third-order valence-corrected chi connectivity index (χ3v) is 6.71. The van der Waals surface area contributed by atoms with Crippen molar-refractivity contribution in [1.82, 2.24) is 30.2 Å². The van der Waals surface area contributed by atoms with Crippen molar-refractivity contribution in [2.75, 3.05) is 26.2 Å². The number of carbonyl (C=O) groups is 1. The minimum absolute atomic E-state index is 0.0200. The average Bonchev–Trinajstić information content (AvgIpc) is 3.56. The number of aromatic nitrogens is 4. The topological polar surface area (TPSA) is 95.9 Å². The van der Waals surface area contributed by atoms with Gasteiger partial charge < -0.3 is 15.2 Å². The first-order valence-corrected chi connectivity index (χ1v) is 11.0. The van der Waals surface area contributed by atoms with Crippen LogP contribution in [0.3, 0.4) is 0 Å². The van der Waals surface area contributed by atoms with E-state index in [2.05, 4.69) is 20.6 Å². The molecule has 2 atom stereocenters. The number of aromatic amines is 1. The number of fused-ring (bicyclic) bond motifs is 2. The summed E-state index contributed by atoms with van der Waals surface area (Å²) in [7, 11) is 0. The molecule has 2 aromatic heterocycles.